The van der Waals surface area contributed by atoms with Crippen molar-refractivity contribution in [3.05, 3.63) is 35.8 Å². The fraction of sp³-hybridized carbons (Fsp3) is 0.400. The molecule has 0 bridgehead atoms. The largest absolute Gasteiger partial charge is 0.493 e. The van der Waals surface area contributed by atoms with Gasteiger partial charge in [-0.25, -0.2) is 4.98 Å². The third kappa shape index (κ3) is 3.25. The van der Waals surface area contributed by atoms with Gasteiger partial charge in [0.2, 0.25) is 5.95 Å². The number of fused-ring (bicyclic) bond motifs is 1. The summed E-state index contributed by atoms with van der Waals surface area (Å²) in [5.41, 5.74) is 6.96. The van der Waals surface area contributed by atoms with Gasteiger partial charge in [0, 0.05) is 30.5 Å². The lowest BCUT2D eigenvalue weighted by Gasteiger charge is -2.31. The monoisotopic (exact) mass is 368 g/mol. The lowest BCUT2D eigenvalue weighted by atomic mass is 9.94. The summed E-state index contributed by atoms with van der Waals surface area (Å²) >= 11 is 0. The first-order chi connectivity index (χ1) is 13.1. The van der Waals surface area contributed by atoms with Crippen LogP contribution in [0.3, 0.4) is 0 Å². The van der Waals surface area contributed by atoms with E-state index in [0.29, 0.717) is 29.2 Å². The summed E-state index contributed by atoms with van der Waals surface area (Å²) in [6.45, 7) is 3.71. The van der Waals surface area contributed by atoms with E-state index in [-0.39, 0.29) is 0 Å². The van der Waals surface area contributed by atoms with Crippen molar-refractivity contribution in [2.45, 2.75) is 25.7 Å². The van der Waals surface area contributed by atoms with Gasteiger partial charge >= 0.3 is 0 Å². The first kappa shape index (κ1) is 17.5. The van der Waals surface area contributed by atoms with Crippen LogP contribution in [-0.4, -0.2) is 37.3 Å². The first-order valence-electron chi connectivity index (χ1n) is 9.09. The van der Waals surface area contributed by atoms with Crippen LogP contribution in [-0.2, 0) is 0 Å². The smallest absolute Gasteiger partial charge is 0.227 e. The Morgan fingerprint density at radius 3 is 2.41 bits per heavy atom. The van der Waals surface area contributed by atoms with Gasteiger partial charge in [-0.05, 0) is 38.0 Å². The Morgan fingerprint density at radius 1 is 1.07 bits per heavy atom. The number of furan rings is 1. The Balaban J connectivity index is 1.59. The Labute approximate surface area is 158 Å². The van der Waals surface area contributed by atoms with Crippen molar-refractivity contribution in [1.82, 2.24) is 9.97 Å². The number of methoxy groups -OCH3 is 2. The standard InChI is InChI=1S/C20H24N4O3/c1-12-4-5-16(27-12)13-6-8-24(9-7-13)20-22-15-11-18(26-3)17(25-2)10-14(15)19(21)23-20/h4-5,10-11,13H,6-9H2,1-3H3,(H2,21,22,23). The van der Waals surface area contributed by atoms with E-state index in [0.717, 1.165) is 48.4 Å². The Kier molecular flexibility index (Phi) is 4.51. The summed E-state index contributed by atoms with van der Waals surface area (Å²) in [6.07, 6.45) is 2.00. The molecule has 0 saturated carbocycles. The lowest BCUT2D eigenvalue weighted by Crippen LogP contribution is -2.34. The van der Waals surface area contributed by atoms with Crippen LogP contribution in [0.4, 0.5) is 11.8 Å². The minimum atomic E-state index is 0.442. The average molecular weight is 368 g/mol. The van der Waals surface area contributed by atoms with Gasteiger partial charge in [0.15, 0.2) is 11.5 Å². The molecule has 1 aliphatic rings. The van der Waals surface area contributed by atoms with Gasteiger partial charge in [-0.1, -0.05) is 0 Å². The zero-order chi connectivity index (χ0) is 19.0. The van der Waals surface area contributed by atoms with Crippen LogP contribution in [0, 0.1) is 6.92 Å². The molecule has 3 aromatic rings. The predicted molar refractivity (Wildman–Crippen MR) is 105 cm³/mol. The highest BCUT2D eigenvalue weighted by molar-refractivity contribution is 5.91. The highest BCUT2D eigenvalue weighted by Crippen LogP contribution is 2.35. The molecule has 2 aromatic heterocycles. The molecule has 2 N–H and O–H groups in total. The quantitative estimate of drug-likeness (QED) is 0.754. The van der Waals surface area contributed by atoms with Gasteiger partial charge in [0.1, 0.15) is 17.3 Å². The normalized spacial score (nSPS) is 15.3. The van der Waals surface area contributed by atoms with Crippen LogP contribution in [0.1, 0.15) is 30.3 Å². The molecule has 0 unspecified atom stereocenters. The average Bonchev–Trinajstić information content (AvgIpc) is 3.13. The Morgan fingerprint density at radius 2 is 1.78 bits per heavy atom. The fourth-order valence-electron chi connectivity index (χ4n) is 3.64. The van der Waals surface area contributed by atoms with Crippen LogP contribution in [0.25, 0.3) is 10.9 Å². The van der Waals surface area contributed by atoms with Crippen molar-refractivity contribution in [3.63, 3.8) is 0 Å². The van der Waals surface area contributed by atoms with Crippen molar-refractivity contribution in [1.29, 1.82) is 0 Å². The summed E-state index contributed by atoms with van der Waals surface area (Å²) < 4.78 is 16.5. The molecule has 27 heavy (non-hydrogen) atoms. The van der Waals surface area contributed by atoms with Gasteiger partial charge in [-0.3, -0.25) is 0 Å². The number of nitrogens with zero attached hydrogens (tertiary/aromatic N) is 3. The fourth-order valence-corrected chi connectivity index (χ4v) is 3.64. The molecular weight excluding hydrogens is 344 g/mol. The maximum Gasteiger partial charge on any atom is 0.227 e. The van der Waals surface area contributed by atoms with Crippen molar-refractivity contribution in [2.24, 2.45) is 0 Å². The maximum atomic E-state index is 6.21. The molecule has 0 amide bonds. The number of nitrogen functional groups attached to an aromatic ring is 1. The summed E-state index contributed by atoms with van der Waals surface area (Å²) in [4.78, 5) is 11.4. The molecule has 1 saturated heterocycles. The number of rotatable bonds is 4. The molecule has 1 fully saturated rings. The number of hydrogen-bond acceptors (Lipinski definition) is 7. The number of aromatic nitrogens is 2. The molecule has 0 aliphatic carbocycles. The number of benzene rings is 1. The molecule has 142 valence electrons. The molecule has 3 heterocycles. The molecule has 7 nitrogen and oxygen atoms in total. The van der Waals surface area contributed by atoms with E-state index in [1.807, 2.05) is 25.1 Å². The van der Waals surface area contributed by atoms with Crippen molar-refractivity contribution < 1.29 is 13.9 Å². The van der Waals surface area contributed by atoms with Crippen molar-refractivity contribution >= 4 is 22.7 Å². The minimum absolute atomic E-state index is 0.442. The van der Waals surface area contributed by atoms with Crippen LogP contribution in [0.15, 0.2) is 28.7 Å². The van der Waals surface area contributed by atoms with Crippen LogP contribution >= 0.6 is 0 Å². The highest BCUT2D eigenvalue weighted by atomic mass is 16.5. The van der Waals surface area contributed by atoms with E-state index in [9.17, 15) is 0 Å². The van der Waals surface area contributed by atoms with Gasteiger partial charge in [-0.2, -0.15) is 4.98 Å². The topological polar surface area (TPSA) is 86.6 Å². The predicted octanol–water partition coefficient (Wildman–Crippen LogP) is 3.51. The zero-order valence-electron chi connectivity index (χ0n) is 15.9. The molecular formula is C20H24N4O3. The highest BCUT2D eigenvalue weighted by Gasteiger charge is 2.25. The van der Waals surface area contributed by atoms with E-state index in [4.69, 9.17) is 24.6 Å². The number of nitrogens with two attached hydrogens (primary N) is 1. The summed E-state index contributed by atoms with van der Waals surface area (Å²) in [7, 11) is 3.20. The first-order valence-corrected chi connectivity index (χ1v) is 9.09. The van der Waals surface area contributed by atoms with E-state index in [1.165, 1.54) is 0 Å². The number of aryl methyl sites for hydroxylation is 1. The summed E-state index contributed by atoms with van der Waals surface area (Å²) in [5, 5.41) is 0.761. The number of piperidine rings is 1. The second-order valence-corrected chi connectivity index (χ2v) is 6.84. The van der Waals surface area contributed by atoms with Crippen LogP contribution < -0.4 is 20.1 Å². The van der Waals surface area contributed by atoms with Crippen molar-refractivity contribution in [2.75, 3.05) is 37.9 Å². The SMILES string of the molecule is COc1cc2nc(N3CCC(c4ccc(C)o4)CC3)nc(N)c2cc1OC. The lowest BCUT2D eigenvalue weighted by molar-refractivity contribution is 0.356. The molecule has 0 spiro atoms. The van der Waals surface area contributed by atoms with Gasteiger partial charge in [0.25, 0.3) is 0 Å². The maximum absolute atomic E-state index is 6.21. The molecule has 1 aromatic carbocycles. The molecule has 7 heteroatoms. The minimum Gasteiger partial charge on any atom is -0.493 e. The Bertz CT molecular complexity index is 961. The van der Waals surface area contributed by atoms with Crippen LogP contribution in [0.5, 0.6) is 11.5 Å². The van der Waals surface area contributed by atoms with Gasteiger partial charge in [0.05, 0.1) is 19.7 Å². The number of ether oxygens (including phenoxy) is 2. The third-order valence-electron chi connectivity index (χ3n) is 5.16. The van der Waals surface area contributed by atoms with E-state index in [2.05, 4.69) is 16.0 Å². The number of hydrogen-bond donors (Lipinski definition) is 1. The molecule has 0 atom stereocenters. The van der Waals surface area contributed by atoms with E-state index >= 15 is 0 Å². The van der Waals surface area contributed by atoms with Gasteiger partial charge in [-0.15, -0.1) is 0 Å². The summed E-state index contributed by atoms with van der Waals surface area (Å²) in [5.74, 6) is 4.81. The Hall–Kier alpha value is -2.96. The molecule has 4 rings (SSSR count). The number of anilines is 2. The summed E-state index contributed by atoms with van der Waals surface area (Å²) in [6, 6.07) is 7.77. The zero-order valence-corrected chi connectivity index (χ0v) is 15.9. The third-order valence-corrected chi connectivity index (χ3v) is 5.16. The molecule has 0 radical (unpaired) electrons. The second kappa shape index (κ2) is 6.98. The van der Waals surface area contributed by atoms with Gasteiger partial charge < -0.3 is 24.5 Å². The van der Waals surface area contributed by atoms with Crippen LogP contribution in [0.2, 0.25) is 0 Å². The second-order valence-electron chi connectivity index (χ2n) is 6.84. The van der Waals surface area contributed by atoms with E-state index in [1.54, 1.807) is 14.2 Å². The molecule has 1 aliphatic heterocycles. The van der Waals surface area contributed by atoms with E-state index < -0.39 is 0 Å². The van der Waals surface area contributed by atoms with Crippen molar-refractivity contribution in [3.8, 4) is 11.5 Å².